The van der Waals surface area contributed by atoms with Crippen molar-refractivity contribution >= 4 is 17.6 Å². The van der Waals surface area contributed by atoms with Gasteiger partial charge >= 0.3 is 5.97 Å². The van der Waals surface area contributed by atoms with Gasteiger partial charge in [-0.2, -0.15) is 0 Å². The lowest BCUT2D eigenvalue weighted by atomic mass is 10.1. The molecule has 1 amide bonds. The third-order valence-corrected chi connectivity index (χ3v) is 2.96. The summed E-state index contributed by atoms with van der Waals surface area (Å²) < 4.78 is 0. The number of phenols is 2. The fourth-order valence-electron chi connectivity index (χ4n) is 1.86. The molecule has 0 aliphatic carbocycles. The van der Waals surface area contributed by atoms with Crippen molar-refractivity contribution in [2.24, 2.45) is 0 Å². The molecule has 2 aromatic rings. The maximum absolute atomic E-state index is 12.3. The molecule has 6 nitrogen and oxygen atoms in total. The molecule has 0 unspecified atom stereocenters. The number of rotatable bonds is 3. The smallest absolute Gasteiger partial charge is 0.335 e. The number of carboxylic acid groups (broad SMARTS) is 1. The predicted octanol–water partition coefficient (Wildman–Crippen LogP) is 2.07. The van der Waals surface area contributed by atoms with Crippen LogP contribution < -0.4 is 4.90 Å². The Morgan fingerprint density at radius 1 is 0.905 bits per heavy atom. The zero-order chi connectivity index (χ0) is 15.6. The standard InChI is InChI=1S/C15H13NO5/c1-16(11-4-2-9(3-5-11)15(20)21)14(19)10-6-12(17)8-13(18)7-10/h2-8,17-18H,1H3,(H,20,21). The molecule has 0 aliphatic heterocycles. The zero-order valence-electron chi connectivity index (χ0n) is 11.1. The number of aromatic hydroxyl groups is 2. The van der Waals surface area contributed by atoms with Gasteiger partial charge in [0.2, 0.25) is 0 Å². The van der Waals surface area contributed by atoms with E-state index >= 15 is 0 Å². The lowest BCUT2D eigenvalue weighted by molar-refractivity contribution is 0.0696. The summed E-state index contributed by atoms with van der Waals surface area (Å²) in [7, 11) is 1.51. The summed E-state index contributed by atoms with van der Waals surface area (Å²) in [5.41, 5.74) is 0.736. The molecule has 0 spiro atoms. The minimum Gasteiger partial charge on any atom is -0.508 e. The Kier molecular flexibility index (Phi) is 3.80. The Hall–Kier alpha value is -3.02. The van der Waals surface area contributed by atoms with E-state index in [1.807, 2.05) is 0 Å². The Labute approximate surface area is 120 Å². The molecule has 0 atom stereocenters. The van der Waals surface area contributed by atoms with Crippen molar-refractivity contribution in [1.29, 1.82) is 0 Å². The first-order chi connectivity index (χ1) is 9.88. The minimum atomic E-state index is -1.05. The topological polar surface area (TPSA) is 98.1 Å². The molecular weight excluding hydrogens is 274 g/mol. The van der Waals surface area contributed by atoms with Crippen molar-refractivity contribution < 1.29 is 24.9 Å². The molecule has 108 valence electrons. The van der Waals surface area contributed by atoms with Gasteiger partial charge in [-0.15, -0.1) is 0 Å². The quantitative estimate of drug-likeness (QED) is 0.802. The first kappa shape index (κ1) is 14.4. The van der Waals surface area contributed by atoms with Crippen LogP contribution in [0.4, 0.5) is 5.69 Å². The van der Waals surface area contributed by atoms with Gasteiger partial charge in [0, 0.05) is 24.4 Å². The molecule has 0 radical (unpaired) electrons. The predicted molar refractivity (Wildman–Crippen MR) is 75.9 cm³/mol. The zero-order valence-corrected chi connectivity index (χ0v) is 11.1. The van der Waals surface area contributed by atoms with Crippen LogP contribution in [0.25, 0.3) is 0 Å². The number of hydrogen-bond donors (Lipinski definition) is 3. The second-order valence-corrected chi connectivity index (χ2v) is 4.45. The summed E-state index contributed by atoms with van der Waals surface area (Å²) in [5, 5.41) is 27.6. The van der Waals surface area contributed by atoms with E-state index in [0.717, 1.165) is 6.07 Å². The first-order valence-corrected chi connectivity index (χ1v) is 6.03. The van der Waals surface area contributed by atoms with Gasteiger partial charge in [0.25, 0.3) is 5.91 Å². The second kappa shape index (κ2) is 5.54. The van der Waals surface area contributed by atoms with Gasteiger partial charge in [0.05, 0.1) is 5.56 Å². The van der Waals surface area contributed by atoms with Crippen molar-refractivity contribution in [3.8, 4) is 11.5 Å². The summed E-state index contributed by atoms with van der Waals surface area (Å²) in [6.07, 6.45) is 0. The highest BCUT2D eigenvalue weighted by Crippen LogP contribution is 2.23. The summed E-state index contributed by atoms with van der Waals surface area (Å²) in [5.74, 6) is -1.92. The lowest BCUT2D eigenvalue weighted by Crippen LogP contribution is -2.26. The average molecular weight is 287 g/mol. The molecule has 0 fully saturated rings. The highest BCUT2D eigenvalue weighted by atomic mass is 16.4. The highest BCUT2D eigenvalue weighted by molar-refractivity contribution is 6.06. The van der Waals surface area contributed by atoms with Crippen LogP contribution >= 0.6 is 0 Å². The van der Waals surface area contributed by atoms with Gasteiger partial charge in [-0.05, 0) is 36.4 Å². The fraction of sp³-hybridized carbons (Fsp3) is 0.0667. The number of carbonyl (C=O) groups is 2. The molecule has 0 saturated heterocycles. The molecule has 3 N–H and O–H groups in total. The highest BCUT2D eigenvalue weighted by Gasteiger charge is 2.15. The van der Waals surface area contributed by atoms with Gasteiger partial charge < -0.3 is 20.2 Å². The molecule has 0 heterocycles. The van der Waals surface area contributed by atoms with Crippen LogP contribution in [0.15, 0.2) is 42.5 Å². The second-order valence-electron chi connectivity index (χ2n) is 4.45. The van der Waals surface area contributed by atoms with E-state index in [4.69, 9.17) is 5.11 Å². The SMILES string of the molecule is CN(C(=O)c1cc(O)cc(O)c1)c1ccc(C(=O)O)cc1. The van der Waals surface area contributed by atoms with Gasteiger partial charge in [-0.25, -0.2) is 4.79 Å². The molecule has 21 heavy (non-hydrogen) atoms. The summed E-state index contributed by atoms with van der Waals surface area (Å²) >= 11 is 0. The Morgan fingerprint density at radius 3 is 1.90 bits per heavy atom. The van der Waals surface area contributed by atoms with E-state index in [-0.39, 0.29) is 22.6 Å². The van der Waals surface area contributed by atoms with Crippen molar-refractivity contribution in [2.75, 3.05) is 11.9 Å². The summed E-state index contributed by atoms with van der Waals surface area (Å²) in [6.45, 7) is 0. The van der Waals surface area contributed by atoms with E-state index in [1.54, 1.807) is 0 Å². The largest absolute Gasteiger partial charge is 0.508 e. The third kappa shape index (κ3) is 3.11. The maximum Gasteiger partial charge on any atom is 0.335 e. The number of nitrogens with zero attached hydrogens (tertiary/aromatic N) is 1. The van der Waals surface area contributed by atoms with Crippen LogP contribution in [0.3, 0.4) is 0 Å². The molecule has 0 bridgehead atoms. The van der Waals surface area contributed by atoms with Crippen LogP contribution in [0, 0.1) is 0 Å². The lowest BCUT2D eigenvalue weighted by Gasteiger charge is -2.17. The van der Waals surface area contributed by atoms with Crippen molar-refractivity contribution in [3.63, 3.8) is 0 Å². The minimum absolute atomic E-state index is 0.120. The summed E-state index contributed by atoms with van der Waals surface area (Å²) in [4.78, 5) is 24.3. The van der Waals surface area contributed by atoms with E-state index in [0.29, 0.717) is 5.69 Å². The Morgan fingerprint density at radius 2 is 1.43 bits per heavy atom. The van der Waals surface area contributed by atoms with E-state index in [2.05, 4.69) is 0 Å². The number of hydrogen-bond acceptors (Lipinski definition) is 4. The number of carbonyl (C=O) groups excluding carboxylic acids is 1. The van der Waals surface area contributed by atoms with Crippen LogP contribution in [0.1, 0.15) is 20.7 Å². The molecule has 2 rings (SSSR count). The maximum atomic E-state index is 12.3. The molecule has 0 aromatic heterocycles. The summed E-state index contributed by atoms with van der Waals surface area (Å²) in [6, 6.07) is 9.39. The third-order valence-electron chi connectivity index (χ3n) is 2.96. The van der Waals surface area contributed by atoms with E-state index in [1.165, 1.54) is 48.3 Å². The number of amides is 1. The monoisotopic (exact) mass is 287 g/mol. The van der Waals surface area contributed by atoms with Crippen LogP contribution in [0.2, 0.25) is 0 Å². The molecule has 6 heteroatoms. The number of phenolic OH excluding ortho intramolecular Hbond substituents is 2. The van der Waals surface area contributed by atoms with Crippen molar-refractivity contribution in [1.82, 2.24) is 0 Å². The average Bonchev–Trinajstić information content (AvgIpc) is 2.44. The van der Waals surface area contributed by atoms with Crippen LogP contribution in [-0.2, 0) is 0 Å². The van der Waals surface area contributed by atoms with Crippen molar-refractivity contribution in [3.05, 3.63) is 53.6 Å². The van der Waals surface area contributed by atoms with Crippen molar-refractivity contribution in [2.45, 2.75) is 0 Å². The first-order valence-electron chi connectivity index (χ1n) is 6.03. The molecule has 2 aromatic carbocycles. The number of aromatic carboxylic acids is 1. The Balaban J connectivity index is 2.28. The number of carboxylic acids is 1. The van der Waals surface area contributed by atoms with Crippen LogP contribution in [0.5, 0.6) is 11.5 Å². The van der Waals surface area contributed by atoms with E-state index < -0.39 is 11.9 Å². The molecular formula is C15H13NO5. The fourth-order valence-corrected chi connectivity index (χ4v) is 1.86. The normalized spacial score (nSPS) is 10.1. The number of benzene rings is 2. The van der Waals surface area contributed by atoms with Gasteiger partial charge in [0.15, 0.2) is 0 Å². The van der Waals surface area contributed by atoms with Gasteiger partial charge in [0.1, 0.15) is 11.5 Å². The molecule has 0 aliphatic rings. The van der Waals surface area contributed by atoms with Gasteiger partial charge in [-0.3, -0.25) is 4.79 Å². The van der Waals surface area contributed by atoms with Gasteiger partial charge in [-0.1, -0.05) is 0 Å². The molecule has 0 saturated carbocycles. The Bertz CT molecular complexity index is 673. The van der Waals surface area contributed by atoms with Crippen LogP contribution in [-0.4, -0.2) is 34.2 Å². The number of anilines is 1. The van der Waals surface area contributed by atoms with E-state index in [9.17, 15) is 19.8 Å².